The van der Waals surface area contributed by atoms with Crippen molar-refractivity contribution in [2.75, 3.05) is 40.3 Å². The summed E-state index contributed by atoms with van der Waals surface area (Å²) < 4.78 is 11.2. The van der Waals surface area contributed by atoms with E-state index in [1.807, 2.05) is 53.4 Å². The van der Waals surface area contributed by atoms with Crippen LogP contribution in [0.1, 0.15) is 10.4 Å². The van der Waals surface area contributed by atoms with E-state index in [9.17, 15) is 4.79 Å². The van der Waals surface area contributed by atoms with Gasteiger partial charge in [0.15, 0.2) is 5.76 Å². The van der Waals surface area contributed by atoms with Gasteiger partial charge in [0.1, 0.15) is 5.75 Å². The van der Waals surface area contributed by atoms with Gasteiger partial charge in [-0.2, -0.15) is 0 Å². The van der Waals surface area contributed by atoms with E-state index in [0.717, 1.165) is 37.5 Å². The summed E-state index contributed by atoms with van der Waals surface area (Å²) in [6.07, 6.45) is 1.69. The Morgan fingerprint density at radius 3 is 2.46 bits per heavy atom. The Labute approximate surface area is 164 Å². The van der Waals surface area contributed by atoms with Crippen LogP contribution in [0.5, 0.6) is 5.75 Å². The van der Waals surface area contributed by atoms with Gasteiger partial charge in [0.25, 0.3) is 5.91 Å². The molecule has 6 nitrogen and oxygen atoms in total. The fourth-order valence-electron chi connectivity index (χ4n) is 3.32. The van der Waals surface area contributed by atoms with Crippen molar-refractivity contribution >= 4 is 5.91 Å². The minimum absolute atomic E-state index is 0.0212. The monoisotopic (exact) mass is 377 g/mol. The first-order valence-electron chi connectivity index (χ1n) is 9.33. The third-order valence-electron chi connectivity index (χ3n) is 5.06. The van der Waals surface area contributed by atoms with Crippen molar-refractivity contribution in [3.05, 3.63) is 60.3 Å². The standard InChI is InChI=1S/C22H23N3O3/c1-24-11-13-25(14-12-24)22(26)19-6-4-3-5-18(19)21-23-15-20(28-21)16-7-9-17(27-2)10-8-16/h3-10,15H,11-14H2,1-2H3. The van der Waals surface area contributed by atoms with Crippen LogP contribution in [-0.2, 0) is 0 Å². The second-order valence-electron chi connectivity index (χ2n) is 6.90. The van der Waals surface area contributed by atoms with Gasteiger partial charge in [-0.25, -0.2) is 4.98 Å². The molecule has 28 heavy (non-hydrogen) atoms. The number of carbonyl (C=O) groups is 1. The highest BCUT2D eigenvalue weighted by Gasteiger charge is 2.24. The van der Waals surface area contributed by atoms with Gasteiger partial charge in [-0.15, -0.1) is 0 Å². The molecule has 1 fully saturated rings. The predicted molar refractivity (Wildman–Crippen MR) is 107 cm³/mol. The van der Waals surface area contributed by atoms with Crippen LogP contribution in [0, 0.1) is 0 Å². The summed E-state index contributed by atoms with van der Waals surface area (Å²) in [5.74, 6) is 1.91. The smallest absolute Gasteiger partial charge is 0.254 e. The largest absolute Gasteiger partial charge is 0.497 e. The number of carbonyl (C=O) groups excluding carboxylic acids is 1. The molecule has 0 atom stereocenters. The van der Waals surface area contributed by atoms with E-state index in [-0.39, 0.29) is 5.91 Å². The van der Waals surface area contributed by atoms with Crippen LogP contribution in [0.4, 0.5) is 0 Å². The first-order valence-corrected chi connectivity index (χ1v) is 9.33. The average molecular weight is 377 g/mol. The van der Waals surface area contributed by atoms with E-state index in [0.29, 0.717) is 22.8 Å². The number of hydrogen-bond acceptors (Lipinski definition) is 5. The van der Waals surface area contributed by atoms with Crippen LogP contribution in [0.2, 0.25) is 0 Å². The number of benzene rings is 2. The zero-order chi connectivity index (χ0) is 19.5. The summed E-state index contributed by atoms with van der Waals surface area (Å²) in [6.45, 7) is 3.22. The Morgan fingerprint density at radius 1 is 1.04 bits per heavy atom. The van der Waals surface area contributed by atoms with Crippen LogP contribution in [0.15, 0.2) is 59.1 Å². The molecule has 0 aliphatic carbocycles. The summed E-state index contributed by atoms with van der Waals surface area (Å²) in [5.41, 5.74) is 2.24. The molecule has 6 heteroatoms. The molecule has 0 bridgehead atoms. The maximum Gasteiger partial charge on any atom is 0.254 e. The van der Waals surface area contributed by atoms with Crippen molar-refractivity contribution in [2.45, 2.75) is 0 Å². The Kier molecular flexibility index (Phi) is 5.12. The molecule has 1 aliphatic heterocycles. The molecule has 1 saturated heterocycles. The van der Waals surface area contributed by atoms with E-state index < -0.39 is 0 Å². The number of aromatic nitrogens is 1. The Bertz CT molecular complexity index is 957. The molecule has 0 N–H and O–H groups in total. The number of nitrogens with zero attached hydrogens (tertiary/aromatic N) is 3. The van der Waals surface area contributed by atoms with Gasteiger partial charge in [0.2, 0.25) is 5.89 Å². The maximum atomic E-state index is 13.1. The minimum atomic E-state index is 0.0212. The van der Waals surface area contributed by atoms with E-state index in [1.165, 1.54) is 0 Å². The highest BCUT2D eigenvalue weighted by molar-refractivity contribution is 6.00. The van der Waals surface area contributed by atoms with Gasteiger partial charge in [0.05, 0.1) is 18.9 Å². The Hall–Kier alpha value is -3.12. The average Bonchev–Trinajstić information content (AvgIpc) is 3.24. The highest BCUT2D eigenvalue weighted by Crippen LogP contribution is 2.29. The van der Waals surface area contributed by atoms with Crippen LogP contribution >= 0.6 is 0 Å². The van der Waals surface area contributed by atoms with Gasteiger partial charge in [0, 0.05) is 37.3 Å². The lowest BCUT2D eigenvalue weighted by atomic mass is 10.1. The predicted octanol–water partition coefficient (Wildman–Crippen LogP) is 3.40. The molecule has 0 spiro atoms. The van der Waals surface area contributed by atoms with Gasteiger partial charge in [-0.3, -0.25) is 4.79 Å². The number of piperazine rings is 1. The lowest BCUT2D eigenvalue weighted by Gasteiger charge is -2.32. The second kappa shape index (κ2) is 7.86. The quantitative estimate of drug-likeness (QED) is 0.697. The summed E-state index contributed by atoms with van der Waals surface area (Å²) in [5, 5.41) is 0. The van der Waals surface area contributed by atoms with E-state index in [1.54, 1.807) is 13.3 Å². The van der Waals surface area contributed by atoms with Crippen molar-refractivity contribution in [1.82, 2.24) is 14.8 Å². The van der Waals surface area contributed by atoms with Crippen molar-refractivity contribution in [3.63, 3.8) is 0 Å². The topological polar surface area (TPSA) is 58.8 Å². The molecule has 4 rings (SSSR count). The Balaban J connectivity index is 1.61. The van der Waals surface area contributed by atoms with Crippen molar-refractivity contribution in [1.29, 1.82) is 0 Å². The molecule has 1 aliphatic rings. The summed E-state index contributed by atoms with van der Waals surface area (Å²) in [4.78, 5) is 21.6. The molecule has 1 aromatic heterocycles. The molecule has 0 unspecified atom stereocenters. The highest BCUT2D eigenvalue weighted by atomic mass is 16.5. The van der Waals surface area contributed by atoms with Crippen LogP contribution in [0.3, 0.4) is 0 Å². The lowest BCUT2D eigenvalue weighted by Crippen LogP contribution is -2.47. The molecule has 2 aromatic carbocycles. The molecular formula is C22H23N3O3. The number of ether oxygens (including phenoxy) is 1. The number of likely N-dealkylation sites (N-methyl/N-ethyl adjacent to an activating group) is 1. The molecule has 1 amide bonds. The maximum absolute atomic E-state index is 13.1. The summed E-state index contributed by atoms with van der Waals surface area (Å²) >= 11 is 0. The van der Waals surface area contributed by atoms with Crippen LogP contribution in [-0.4, -0.2) is 61.0 Å². The van der Waals surface area contributed by atoms with Gasteiger partial charge in [-0.05, 0) is 43.4 Å². The number of methoxy groups -OCH3 is 1. The van der Waals surface area contributed by atoms with Crippen LogP contribution in [0.25, 0.3) is 22.8 Å². The molecule has 2 heterocycles. The van der Waals surface area contributed by atoms with Crippen molar-refractivity contribution < 1.29 is 13.9 Å². The summed E-state index contributed by atoms with van der Waals surface area (Å²) in [7, 11) is 3.71. The van der Waals surface area contributed by atoms with Gasteiger partial charge in [-0.1, -0.05) is 12.1 Å². The number of amides is 1. The third-order valence-corrected chi connectivity index (χ3v) is 5.06. The molecule has 0 radical (unpaired) electrons. The number of hydrogen-bond donors (Lipinski definition) is 0. The first-order chi connectivity index (χ1) is 13.7. The second-order valence-corrected chi connectivity index (χ2v) is 6.90. The fraction of sp³-hybridized carbons (Fsp3) is 0.273. The third kappa shape index (κ3) is 3.64. The lowest BCUT2D eigenvalue weighted by molar-refractivity contribution is 0.0664. The zero-order valence-corrected chi connectivity index (χ0v) is 16.1. The Morgan fingerprint density at radius 2 is 1.75 bits per heavy atom. The van der Waals surface area contributed by atoms with Gasteiger partial charge < -0.3 is 19.0 Å². The van der Waals surface area contributed by atoms with E-state index in [2.05, 4.69) is 16.9 Å². The summed E-state index contributed by atoms with van der Waals surface area (Å²) in [6, 6.07) is 15.1. The number of rotatable bonds is 4. The fourth-order valence-corrected chi connectivity index (χ4v) is 3.32. The van der Waals surface area contributed by atoms with Gasteiger partial charge >= 0.3 is 0 Å². The van der Waals surface area contributed by atoms with E-state index >= 15 is 0 Å². The van der Waals surface area contributed by atoms with Crippen LogP contribution < -0.4 is 4.74 Å². The molecule has 3 aromatic rings. The van der Waals surface area contributed by atoms with E-state index in [4.69, 9.17) is 9.15 Å². The normalized spacial score (nSPS) is 14.9. The number of oxazole rings is 1. The molecule has 144 valence electrons. The van der Waals surface area contributed by atoms with Crippen molar-refractivity contribution in [2.24, 2.45) is 0 Å². The minimum Gasteiger partial charge on any atom is -0.497 e. The molecular weight excluding hydrogens is 354 g/mol. The SMILES string of the molecule is COc1ccc(-c2cnc(-c3ccccc3C(=O)N3CCN(C)CC3)o2)cc1. The first kappa shape index (κ1) is 18.3. The molecule has 0 saturated carbocycles. The van der Waals surface area contributed by atoms with Crippen molar-refractivity contribution in [3.8, 4) is 28.5 Å². The zero-order valence-electron chi connectivity index (χ0n) is 16.1.